The SMILES string of the molecule is Cc1cc(C)c2c(c1)N(Cc1cccc(Br)c1)C(=O)C2=O. The molecule has 3 nitrogen and oxygen atoms in total. The van der Waals surface area contributed by atoms with Crippen LogP contribution in [0.15, 0.2) is 40.9 Å². The number of nitrogens with zero attached hydrogens (tertiary/aromatic N) is 1. The molecular formula is C17H14BrNO2. The zero-order valence-electron chi connectivity index (χ0n) is 11.8. The van der Waals surface area contributed by atoms with Gasteiger partial charge in [0.15, 0.2) is 0 Å². The van der Waals surface area contributed by atoms with Crippen molar-refractivity contribution in [3.8, 4) is 0 Å². The lowest BCUT2D eigenvalue weighted by Crippen LogP contribution is -2.29. The number of anilines is 1. The minimum atomic E-state index is -0.446. The number of amides is 1. The molecular weight excluding hydrogens is 330 g/mol. The van der Waals surface area contributed by atoms with Gasteiger partial charge in [-0.3, -0.25) is 9.59 Å². The molecule has 2 aromatic carbocycles. The van der Waals surface area contributed by atoms with Crippen molar-refractivity contribution < 1.29 is 9.59 Å². The van der Waals surface area contributed by atoms with Crippen LogP contribution in [0, 0.1) is 13.8 Å². The zero-order valence-corrected chi connectivity index (χ0v) is 13.4. The van der Waals surface area contributed by atoms with Crippen LogP contribution in [-0.4, -0.2) is 11.7 Å². The highest BCUT2D eigenvalue weighted by atomic mass is 79.9. The van der Waals surface area contributed by atoms with E-state index in [1.807, 2.05) is 50.2 Å². The first-order valence-electron chi connectivity index (χ1n) is 6.69. The van der Waals surface area contributed by atoms with E-state index in [-0.39, 0.29) is 0 Å². The topological polar surface area (TPSA) is 37.4 Å². The molecule has 0 aromatic heterocycles. The van der Waals surface area contributed by atoms with E-state index < -0.39 is 11.7 Å². The van der Waals surface area contributed by atoms with Crippen molar-refractivity contribution in [2.75, 3.05) is 4.90 Å². The van der Waals surface area contributed by atoms with E-state index in [1.165, 1.54) is 0 Å². The fourth-order valence-corrected chi connectivity index (χ4v) is 3.21. The first kappa shape index (κ1) is 14.0. The summed E-state index contributed by atoms with van der Waals surface area (Å²) in [5, 5.41) is 0. The number of ketones is 1. The summed E-state index contributed by atoms with van der Waals surface area (Å²) in [5.41, 5.74) is 4.16. The van der Waals surface area contributed by atoms with Crippen LogP contribution in [0.4, 0.5) is 5.69 Å². The summed E-state index contributed by atoms with van der Waals surface area (Å²) in [5.74, 6) is -0.851. The second-order valence-electron chi connectivity index (χ2n) is 5.33. The molecule has 0 saturated heterocycles. The summed E-state index contributed by atoms with van der Waals surface area (Å²) in [4.78, 5) is 26.0. The molecule has 0 radical (unpaired) electrons. The summed E-state index contributed by atoms with van der Waals surface area (Å²) in [7, 11) is 0. The molecule has 0 saturated carbocycles. The Morgan fingerprint density at radius 1 is 1.10 bits per heavy atom. The Morgan fingerprint density at radius 3 is 2.57 bits per heavy atom. The average molecular weight is 344 g/mol. The Balaban J connectivity index is 2.05. The van der Waals surface area contributed by atoms with Crippen molar-refractivity contribution in [1.29, 1.82) is 0 Å². The molecule has 2 aromatic rings. The number of rotatable bonds is 2. The number of aryl methyl sites for hydroxylation is 2. The molecule has 0 bridgehead atoms. The third-order valence-corrected chi connectivity index (χ3v) is 4.14. The standard InChI is InChI=1S/C17H14BrNO2/c1-10-6-11(2)15-14(7-10)19(17(21)16(15)20)9-12-4-3-5-13(18)8-12/h3-8H,9H2,1-2H3. The molecule has 0 atom stereocenters. The van der Waals surface area contributed by atoms with Gasteiger partial charge in [0.1, 0.15) is 0 Å². The molecule has 21 heavy (non-hydrogen) atoms. The van der Waals surface area contributed by atoms with Gasteiger partial charge in [-0.2, -0.15) is 0 Å². The van der Waals surface area contributed by atoms with E-state index in [0.717, 1.165) is 26.9 Å². The van der Waals surface area contributed by atoms with Crippen molar-refractivity contribution in [2.45, 2.75) is 20.4 Å². The normalized spacial score (nSPS) is 13.8. The Morgan fingerprint density at radius 2 is 1.86 bits per heavy atom. The van der Waals surface area contributed by atoms with Crippen LogP contribution in [0.3, 0.4) is 0 Å². The van der Waals surface area contributed by atoms with Crippen LogP contribution < -0.4 is 4.90 Å². The number of halogens is 1. The molecule has 1 aliphatic heterocycles. The van der Waals surface area contributed by atoms with Crippen molar-refractivity contribution >= 4 is 33.3 Å². The van der Waals surface area contributed by atoms with E-state index in [2.05, 4.69) is 15.9 Å². The minimum Gasteiger partial charge on any atom is -0.300 e. The average Bonchev–Trinajstić information content (AvgIpc) is 2.64. The Kier molecular flexibility index (Phi) is 3.41. The third-order valence-electron chi connectivity index (χ3n) is 3.65. The van der Waals surface area contributed by atoms with E-state index in [0.29, 0.717) is 12.1 Å². The maximum atomic E-state index is 12.3. The molecule has 4 heteroatoms. The van der Waals surface area contributed by atoms with Gasteiger partial charge in [0.05, 0.1) is 17.8 Å². The number of hydrogen-bond acceptors (Lipinski definition) is 2. The summed E-state index contributed by atoms with van der Waals surface area (Å²) >= 11 is 3.42. The van der Waals surface area contributed by atoms with Gasteiger partial charge in [0.25, 0.3) is 11.7 Å². The van der Waals surface area contributed by atoms with Gasteiger partial charge in [-0.25, -0.2) is 0 Å². The van der Waals surface area contributed by atoms with Crippen LogP contribution in [0.5, 0.6) is 0 Å². The van der Waals surface area contributed by atoms with Gasteiger partial charge >= 0.3 is 0 Å². The first-order chi connectivity index (χ1) is 9.97. The second kappa shape index (κ2) is 5.11. The van der Waals surface area contributed by atoms with E-state index in [4.69, 9.17) is 0 Å². The number of Topliss-reactive ketones (excluding diaryl/α,β-unsaturated/α-hetero) is 1. The Labute approximate surface area is 131 Å². The molecule has 0 fully saturated rings. The highest BCUT2D eigenvalue weighted by Gasteiger charge is 2.37. The quantitative estimate of drug-likeness (QED) is 0.778. The monoisotopic (exact) mass is 343 g/mol. The van der Waals surface area contributed by atoms with Crippen LogP contribution in [-0.2, 0) is 11.3 Å². The van der Waals surface area contributed by atoms with Crippen LogP contribution in [0.1, 0.15) is 27.0 Å². The number of hydrogen-bond donors (Lipinski definition) is 0. The van der Waals surface area contributed by atoms with Gasteiger partial charge in [0.2, 0.25) is 0 Å². The summed E-state index contributed by atoms with van der Waals surface area (Å²) in [6, 6.07) is 11.6. The van der Waals surface area contributed by atoms with Crippen molar-refractivity contribution in [3.05, 3.63) is 63.1 Å². The summed E-state index contributed by atoms with van der Waals surface area (Å²) in [6.07, 6.45) is 0. The number of carbonyl (C=O) groups excluding carboxylic acids is 2. The molecule has 1 aliphatic rings. The maximum Gasteiger partial charge on any atom is 0.299 e. The Bertz CT molecular complexity index is 767. The maximum absolute atomic E-state index is 12.3. The highest BCUT2D eigenvalue weighted by Crippen LogP contribution is 2.34. The predicted octanol–water partition coefficient (Wildman–Crippen LogP) is 3.80. The highest BCUT2D eigenvalue weighted by molar-refractivity contribution is 9.10. The predicted molar refractivity (Wildman–Crippen MR) is 85.6 cm³/mol. The van der Waals surface area contributed by atoms with E-state index in [9.17, 15) is 9.59 Å². The number of benzene rings is 2. The van der Waals surface area contributed by atoms with Crippen molar-refractivity contribution in [3.63, 3.8) is 0 Å². The summed E-state index contributed by atoms with van der Waals surface area (Å²) in [6.45, 7) is 4.25. The van der Waals surface area contributed by atoms with Gasteiger partial charge in [-0.15, -0.1) is 0 Å². The van der Waals surface area contributed by atoms with Crippen LogP contribution in [0.25, 0.3) is 0 Å². The van der Waals surface area contributed by atoms with Crippen molar-refractivity contribution in [2.24, 2.45) is 0 Å². The number of fused-ring (bicyclic) bond motifs is 1. The molecule has 106 valence electrons. The van der Waals surface area contributed by atoms with Gasteiger partial charge in [-0.1, -0.05) is 34.1 Å². The van der Waals surface area contributed by atoms with Gasteiger partial charge in [-0.05, 0) is 48.7 Å². The van der Waals surface area contributed by atoms with Crippen LogP contribution >= 0.6 is 15.9 Å². The fraction of sp³-hybridized carbons (Fsp3) is 0.176. The molecule has 0 N–H and O–H groups in total. The third kappa shape index (κ3) is 2.40. The van der Waals surface area contributed by atoms with E-state index >= 15 is 0 Å². The molecule has 1 amide bonds. The molecule has 0 spiro atoms. The largest absolute Gasteiger partial charge is 0.300 e. The van der Waals surface area contributed by atoms with Gasteiger partial charge < -0.3 is 4.90 Å². The minimum absolute atomic E-state index is 0.403. The lowest BCUT2D eigenvalue weighted by molar-refractivity contribution is -0.114. The Hall–Kier alpha value is -1.94. The zero-order chi connectivity index (χ0) is 15.1. The molecule has 1 heterocycles. The lowest BCUT2D eigenvalue weighted by Gasteiger charge is -2.17. The lowest BCUT2D eigenvalue weighted by atomic mass is 10.0. The first-order valence-corrected chi connectivity index (χ1v) is 7.48. The second-order valence-corrected chi connectivity index (χ2v) is 6.24. The van der Waals surface area contributed by atoms with Gasteiger partial charge in [0, 0.05) is 4.47 Å². The van der Waals surface area contributed by atoms with Crippen molar-refractivity contribution in [1.82, 2.24) is 0 Å². The smallest absolute Gasteiger partial charge is 0.299 e. The fourth-order valence-electron chi connectivity index (χ4n) is 2.77. The molecule has 0 aliphatic carbocycles. The number of carbonyl (C=O) groups is 2. The molecule has 3 rings (SSSR count). The van der Waals surface area contributed by atoms with Crippen LogP contribution in [0.2, 0.25) is 0 Å². The molecule has 0 unspecified atom stereocenters. The summed E-state index contributed by atoms with van der Waals surface area (Å²) < 4.78 is 0.957. The van der Waals surface area contributed by atoms with E-state index in [1.54, 1.807) is 4.90 Å².